The number of halogens is 1. The number of hydrogen-bond donors (Lipinski definition) is 0. The Labute approximate surface area is 148 Å². The van der Waals surface area contributed by atoms with Gasteiger partial charge in [0.25, 0.3) is 0 Å². The van der Waals surface area contributed by atoms with Crippen molar-refractivity contribution in [2.45, 2.75) is 39.5 Å². The summed E-state index contributed by atoms with van der Waals surface area (Å²) in [6, 6.07) is 11.3. The number of carbonyl (C=O) groups excluding carboxylic acids is 1. The molecule has 0 saturated heterocycles. The summed E-state index contributed by atoms with van der Waals surface area (Å²) in [6.45, 7) is 5.51. The second-order valence-electron chi connectivity index (χ2n) is 5.44. The molecule has 0 atom stereocenters. The third-order valence-corrected chi connectivity index (χ3v) is 3.93. The van der Waals surface area contributed by atoms with Crippen LogP contribution >= 0.6 is 11.6 Å². The van der Waals surface area contributed by atoms with Gasteiger partial charge in [0.2, 0.25) is 0 Å². The van der Waals surface area contributed by atoms with Gasteiger partial charge in [0.15, 0.2) is 12.1 Å². The van der Waals surface area contributed by atoms with Crippen molar-refractivity contribution in [3.05, 3.63) is 58.9 Å². The molecule has 1 heterocycles. The van der Waals surface area contributed by atoms with Crippen molar-refractivity contribution in [1.82, 2.24) is 4.57 Å². The Morgan fingerprint density at radius 1 is 1.17 bits per heavy atom. The van der Waals surface area contributed by atoms with Gasteiger partial charge < -0.3 is 14.0 Å². The first-order valence-electron chi connectivity index (χ1n) is 8.30. The maximum atomic E-state index is 12.5. The molecule has 130 valence electrons. The highest BCUT2D eigenvalue weighted by Crippen LogP contribution is 2.15. The Morgan fingerprint density at radius 3 is 2.58 bits per heavy atom. The van der Waals surface area contributed by atoms with Crippen molar-refractivity contribution in [3.63, 3.8) is 0 Å². The summed E-state index contributed by atoms with van der Waals surface area (Å²) in [4.78, 5) is 12.5. The van der Waals surface area contributed by atoms with E-state index in [0.717, 1.165) is 5.56 Å². The summed E-state index contributed by atoms with van der Waals surface area (Å²) >= 11 is 5.98. The van der Waals surface area contributed by atoms with Crippen LogP contribution in [0.2, 0.25) is 5.02 Å². The zero-order valence-corrected chi connectivity index (χ0v) is 15.0. The number of aryl methyl sites for hydroxylation is 1. The second-order valence-corrected chi connectivity index (χ2v) is 5.88. The molecule has 1 aromatic heterocycles. The highest BCUT2D eigenvalue weighted by molar-refractivity contribution is 6.30. The molecule has 0 unspecified atom stereocenters. The van der Waals surface area contributed by atoms with Crippen molar-refractivity contribution in [2.24, 2.45) is 0 Å². The molecule has 1 aromatic carbocycles. The van der Waals surface area contributed by atoms with Gasteiger partial charge in [-0.1, -0.05) is 23.7 Å². The van der Waals surface area contributed by atoms with E-state index in [0.29, 0.717) is 43.3 Å². The summed E-state index contributed by atoms with van der Waals surface area (Å²) in [7, 11) is 0. The van der Waals surface area contributed by atoms with Crippen LogP contribution in [-0.4, -0.2) is 29.9 Å². The van der Waals surface area contributed by atoms with E-state index in [1.165, 1.54) is 0 Å². The van der Waals surface area contributed by atoms with Crippen molar-refractivity contribution >= 4 is 17.4 Å². The van der Waals surface area contributed by atoms with Crippen LogP contribution in [0, 0.1) is 0 Å². The lowest BCUT2D eigenvalue weighted by molar-refractivity contribution is -0.143. The molecule has 0 aliphatic carbocycles. The van der Waals surface area contributed by atoms with E-state index in [1.54, 1.807) is 0 Å². The molecular formula is C19H24ClNO3. The number of ketones is 1. The van der Waals surface area contributed by atoms with Crippen LogP contribution in [0.1, 0.15) is 36.3 Å². The van der Waals surface area contributed by atoms with E-state index in [1.807, 2.05) is 61.0 Å². The first-order valence-corrected chi connectivity index (χ1v) is 8.67. The van der Waals surface area contributed by atoms with E-state index < -0.39 is 0 Å². The number of aromatic nitrogens is 1. The summed E-state index contributed by atoms with van der Waals surface area (Å²) in [5, 5.41) is 0.694. The maximum Gasteiger partial charge on any atom is 0.179 e. The molecule has 0 aliphatic heterocycles. The highest BCUT2D eigenvalue weighted by atomic mass is 35.5. The predicted molar refractivity (Wildman–Crippen MR) is 95.6 cm³/mol. The number of Topliss-reactive ketones (excluding diaryl/α,β-unsaturated/α-hetero) is 1. The number of rotatable bonds is 10. The molecule has 4 nitrogen and oxygen atoms in total. The Bertz CT molecular complexity index is 648. The normalized spacial score (nSPS) is 11.2. The SMILES string of the molecule is CCOC(Cn1cccc1C(=O)CCc1cccc(Cl)c1)OCC. The van der Waals surface area contributed by atoms with E-state index >= 15 is 0 Å². The topological polar surface area (TPSA) is 40.5 Å². The Kier molecular flexibility index (Phi) is 7.50. The fraction of sp³-hybridized carbons (Fsp3) is 0.421. The van der Waals surface area contributed by atoms with Gasteiger partial charge >= 0.3 is 0 Å². The molecule has 0 fully saturated rings. The standard InChI is InChI=1S/C19H24ClNO3/c1-3-23-19(24-4-2)14-21-12-6-9-17(21)18(22)11-10-15-7-5-8-16(20)13-15/h5-9,12-13,19H,3-4,10-11,14H2,1-2H3. The molecule has 0 bridgehead atoms. The molecule has 2 rings (SSSR count). The van der Waals surface area contributed by atoms with Gasteiger partial charge in [0.1, 0.15) is 0 Å². The van der Waals surface area contributed by atoms with Gasteiger partial charge in [-0.2, -0.15) is 0 Å². The van der Waals surface area contributed by atoms with Gasteiger partial charge in [-0.3, -0.25) is 4.79 Å². The molecule has 0 radical (unpaired) electrons. The lowest BCUT2D eigenvalue weighted by Crippen LogP contribution is -2.25. The third kappa shape index (κ3) is 5.48. The zero-order valence-electron chi connectivity index (χ0n) is 14.2. The lowest BCUT2D eigenvalue weighted by Gasteiger charge is -2.19. The van der Waals surface area contributed by atoms with Gasteiger partial charge in [-0.05, 0) is 50.1 Å². The van der Waals surface area contributed by atoms with Crippen LogP contribution in [0.3, 0.4) is 0 Å². The zero-order chi connectivity index (χ0) is 17.4. The molecule has 0 aliphatic rings. The minimum absolute atomic E-state index is 0.103. The number of hydrogen-bond acceptors (Lipinski definition) is 3. The van der Waals surface area contributed by atoms with Crippen LogP contribution in [0.25, 0.3) is 0 Å². The van der Waals surface area contributed by atoms with Gasteiger partial charge in [0, 0.05) is 30.9 Å². The molecule has 2 aromatic rings. The fourth-order valence-electron chi connectivity index (χ4n) is 2.59. The van der Waals surface area contributed by atoms with Crippen molar-refractivity contribution in [1.29, 1.82) is 0 Å². The monoisotopic (exact) mass is 349 g/mol. The fourth-order valence-corrected chi connectivity index (χ4v) is 2.80. The summed E-state index contributed by atoms with van der Waals surface area (Å²) in [5.74, 6) is 0.103. The van der Waals surface area contributed by atoms with Crippen LogP contribution < -0.4 is 0 Å². The van der Waals surface area contributed by atoms with E-state index in [4.69, 9.17) is 21.1 Å². The minimum atomic E-state index is -0.341. The van der Waals surface area contributed by atoms with Crippen LogP contribution in [0.4, 0.5) is 0 Å². The number of nitrogens with zero attached hydrogens (tertiary/aromatic N) is 1. The average molecular weight is 350 g/mol. The first-order chi connectivity index (χ1) is 11.6. The van der Waals surface area contributed by atoms with Crippen LogP contribution in [0.5, 0.6) is 0 Å². The third-order valence-electron chi connectivity index (χ3n) is 3.70. The number of carbonyl (C=O) groups is 1. The van der Waals surface area contributed by atoms with Gasteiger partial charge in [-0.15, -0.1) is 0 Å². The number of ether oxygens (including phenoxy) is 2. The summed E-state index contributed by atoms with van der Waals surface area (Å²) < 4.78 is 13.0. The van der Waals surface area contributed by atoms with Crippen LogP contribution in [0.15, 0.2) is 42.6 Å². The predicted octanol–water partition coefficient (Wildman–Crippen LogP) is 4.36. The Morgan fingerprint density at radius 2 is 1.92 bits per heavy atom. The van der Waals surface area contributed by atoms with E-state index in [2.05, 4.69) is 0 Å². The Balaban J connectivity index is 1.98. The molecule has 0 N–H and O–H groups in total. The Hall–Kier alpha value is -1.62. The smallest absolute Gasteiger partial charge is 0.179 e. The van der Waals surface area contributed by atoms with Crippen molar-refractivity contribution in [2.75, 3.05) is 13.2 Å². The van der Waals surface area contributed by atoms with Crippen molar-refractivity contribution < 1.29 is 14.3 Å². The average Bonchev–Trinajstić information content (AvgIpc) is 3.01. The van der Waals surface area contributed by atoms with Gasteiger partial charge in [0.05, 0.1) is 12.2 Å². The molecule has 0 amide bonds. The largest absolute Gasteiger partial charge is 0.351 e. The molecule has 0 saturated carbocycles. The maximum absolute atomic E-state index is 12.5. The van der Waals surface area contributed by atoms with E-state index in [9.17, 15) is 4.79 Å². The first kappa shape index (κ1) is 18.7. The molecular weight excluding hydrogens is 326 g/mol. The highest BCUT2D eigenvalue weighted by Gasteiger charge is 2.15. The summed E-state index contributed by atoms with van der Waals surface area (Å²) in [5.41, 5.74) is 1.75. The quantitative estimate of drug-likeness (QED) is 0.472. The minimum Gasteiger partial charge on any atom is -0.351 e. The molecule has 0 spiro atoms. The second kappa shape index (κ2) is 9.62. The van der Waals surface area contributed by atoms with Crippen LogP contribution in [-0.2, 0) is 22.4 Å². The number of benzene rings is 1. The van der Waals surface area contributed by atoms with Crippen molar-refractivity contribution in [3.8, 4) is 0 Å². The summed E-state index contributed by atoms with van der Waals surface area (Å²) in [6.07, 6.45) is 2.66. The lowest BCUT2D eigenvalue weighted by atomic mass is 10.1. The van der Waals surface area contributed by atoms with E-state index in [-0.39, 0.29) is 12.1 Å². The molecule has 5 heteroatoms. The van der Waals surface area contributed by atoms with Gasteiger partial charge in [-0.25, -0.2) is 0 Å². The molecule has 24 heavy (non-hydrogen) atoms.